The molecule has 0 saturated carbocycles. The molecule has 0 spiro atoms. The average Bonchev–Trinajstić information content (AvgIpc) is 2.96. The summed E-state index contributed by atoms with van der Waals surface area (Å²) in [7, 11) is 4.45. The number of methoxy groups -OCH3 is 2. The number of amides is 1. The molecular formula is C28H25N5O6. The number of rotatable bonds is 7. The lowest BCUT2D eigenvalue weighted by molar-refractivity contribution is 0.0963. The Bertz CT molecular complexity index is 1900. The Kier molecular flexibility index (Phi) is 6.72. The summed E-state index contributed by atoms with van der Waals surface area (Å²) in [6, 6.07) is 16.3. The molecular weight excluding hydrogens is 502 g/mol. The number of aromatic nitrogens is 4. The molecule has 0 unspecified atom stereocenters. The Morgan fingerprint density at radius 3 is 2.31 bits per heavy atom. The Balaban J connectivity index is 1.70. The fourth-order valence-corrected chi connectivity index (χ4v) is 4.47. The maximum Gasteiger partial charge on any atom is 0.332 e. The van der Waals surface area contributed by atoms with E-state index in [1.165, 1.54) is 42.4 Å². The molecule has 5 rings (SSSR count). The Morgan fingerprint density at radius 1 is 0.897 bits per heavy atom. The summed E-state index contributed by atoms with van der Waals surface area (Å²) in [5.74, 6) is 0.425. The summed E-state index contributed by atoms with van der Waals surface area (Å²) in [6.07, 6.45) is 1.61. The predicted octanol–water partition coefficient (Wildman–Crippen LogP) is 1.64. The first-order valence-corrected chi connectivity index (χ1v) is 12.0. The molecule has 0 aliphatic rings. The summed E-state index contributed by atoms with van der Waals surface area (Å²) in [5.41, 5.74) is 0.788. The van der Waals surface area contributed by atoms with E-state index in [2.05, 4.69) is 10.3 Å². The van der Waals surface area contributed by atoms with Crippen LogP contribution in [0.15, 0.2) is 81.2 Å². The van der Waals surface area contributed by atoms with E-state index < -0.39 is 11.2 Å². The number of nitrogens with one attached hydrogen (secondary N) is 1. The van der Waals surface area contributed by atoms with Crippen molar-refractivity contribution in [1.29, 1.82) is 0 Å². The first-order chi connectivity index (χ1) is 18.8. The number of hydrogen-bond acceptors (Lipinski definition) is 7. The third-order valence-corrected chi connectivity index (χ3v) is 6.46. The lowest BCUT2D eigenvalue weighted by Crippen LogP contribution is -2.40. The first-order valence-electron chi connectivity index (χ1n) is 12.0. The molecule has 3 aromatic heterocycles. The minimum atomic E-state index is -0.592. The molecule has 11 nitrogen and oxygen atoms in total. The van der Waals surface area contributed by atoms with E-state index in [1.807, 2.05) is 0 Å². The molecule has 1 amide bonds. The van der Waals surface area contributed by atoms with Gasteiger partial charge in [-0.05, 0) is 35.9 Å². The summed E-state index contributed by atoms with van der Waals surface area (Å²) < 4.78 is 14.7. The quantitative estimate of drug-likeness (QED) is 0.341. The summed E-state index contributed by atoms with van der Waals surface area (Å²) in [4.78, 5) is 56.6. The maximum absolute atomic E-state index is 13.8. The van der Waals surface area contributed by atoms with E-state index in [-0.39, 0.29) is 29.9 Å². The van der Waals surface area contributed by atoms with Crippen LogP contribution in [0.5, 0.6) is 11.5 Å². The fraction of sp³-hybridized carbons (Fsp3) is 0.179. The number of benzene rings is 2. The number of nitrogens with zero attached hydrogens (tertiary/aromatic N) is 4. The van der Waals surface area contributed by atoms with Crippen LogP contribution in [0.2, 0.25) is 0 Å². The van der Waals surface area contributed by atoms with Gasteiger partial charge in [-0.2, -0.15) is 0 Å². The van der Waals surface area contributed by atoms with Gasteiger partial charge in [-0.3, -0.25) is 27.9 Å². The van der Waals surface area contributed by atoms with E-state index in [0.29, 0.717) is 39.5 Å². The second-order valence-corrected chi connectivity index (χ2v) is 8.77. The van der Waals surface area contributed by atoms with Gasteiger partial charge in [0.1, 0.15) is 5.65 Å². The van der Waals surface area contributed by atoms with Crippen LogP contribution in [-0.2, 0) is 13.1 Å². The number of pyridine rings is 1. The highest BCUT2D eigenvalue weighted by Crippen LogP contribution is 2.30. The van der Waals surface area contributed by atoms with Crippen LogP contribution in [0, 0.1) is 0 Å². The molecule has 0 radical (unpaired) electrons. The Hall–Kier alpha value is -5.19. The van der Waals surface area contributed by atoms with Crippen molar-refractivity contribution in [1.82, 2.24) is 23.8 Å². The van der Waals surface area contributed by atoms with Crippen LogP contribution in [0.25, 0.3) is 16.6 Å². The average molecular weight is 528 g/mol. The second kappa shape index (κ2) is 10.3. The van der Waals surface area contributed by atoms with E-state index in [9.17, 15) is 19.2 Å². The van der Waals surface area contributed by atoms with Crippen LogP contribution in [-0.4, -0.2) is 45.7 Å². The topological polar surface area (TPSA) is 126 Å². The Morgan fingerprint density at radius 2 is 1.62 bits per heavy atom. The van der Waals surface area contributed by atoms with Crippen molar-refractivity contribution in [3.05, 3.63) is 115 Å². The van der Waals surface area contributed by atoms with Gasteiger partial charge in [-0.1, -0.05) is 18.2 Å². The van der Waals surface area contributed by atoms with Gasteiger partial charge < -0.3 is 14.8 Å². The molecule has 2 aromatic carbocycles. The third-order valence-electron chi connectivity index (χ3n) is 6.46. The van der Waals surface area contributed by atoms with Gasteiger partial charge in [0.05, 0.1) is 43.9 Å². The van der Waals surface area contributed by atoms with Crippen molar-refractivity contribution < 1.29 is 14.3 Å². The van der Waals surface area contributed by atoms with Crippen molar-refractivity contribution in [2.45, 2.75) is 13.1 Å². The van der Waals surface area contributed by atoms with Gasteiger partial charge in [-0.25, -0.2) is 9.78 Å². The number of carbonyl (C=O) groups excluding carboxylic acids is 1. The molecule has 0 atom stereocenters. The molecule has 39 heavy (non-hydrogen) atoms. The molecule has 0 aliphatic heterocycles. The van der Waals surface area contributed by atoms with Crippen molar-refractivity contribution in [3.63, 3.8) is 0 Å². The summed E-state index contributed by atoms with van der Waals surface area (Å²) in [6.45, 7) is -0.106. The number of carbonyl (C=O) groups is 1. The van der Waals surface area contributed by atoms with E-state index in [1.54, 1.807) is 54.7 Å². The molecule has 5 aromatic rings. The molecule has 0 aliphatic carbocycles. The van der Waals surface area contributed by atoms with Gasteiger partial charge in [-0.15, -0.1) is 0 Å². The zero-order chi connectivity index (χ0) is 27.7. The van der Waals surface area contributed by atoms with Crippen molar-refractivity contribution in [3.8, 4) is 11.5 Å². The first kappa shape index (κ1) is 25.5. The lowest BCUT2D eigenvalue weighted by Gasteiger charge is -2.16. The SMILES string of the molecule is CNC(=O)c1ccc(Cn2c(=O)c3cc(OC)c(OC)cc3n(Cc3cc(=O)n4ccccc4n3)c2=O)cc1. The van der Waals surface area contributed by atoms with E-state index in [4.69, 9.17) is 9.47 Å². The molecule has 11 heteroatoms. The lowest BCUT2D eigenvalue weighted by atomic mass is 10.1. The van der Waals surface area contributed by atoms with Crippen LogP contribution >= 0.6 is 0 Å². The predicted molar refractivity (Wildman–Crippen MR) is 145 cm³/mol. The highest BCUT2D eigenvalue weighted by molar-refractivity contribution is 5.93. The van der Waals surface area contributed by atoms with Crippen molar-refractivity contribution >= 4 is 22.5 Å². The van der Waals surface area contributed by atoms with Crippen molar-refractivity contribution in [2.24, 2.45) is 0 Å². The van der Waals surface area contributed by atoms with Crippen molar-refractivity contribution in [2.75, 3.05) is 21.3 Å². The van der Waals surface area contributed by atoms with Gasteiger partial charge >= 0.3 is 5.69 Å². The highest BCUT2D eigenvalue weighted by atomic mass is 16.5. The van der Waals surface area contributed by atoms with Gasteiger partial charge in [0.2, 0.25) is 0 Å². The maximum atomic E-state index is 13.8. The van der Waals surface area contributed by atoms with Crippen LogP contribution in [0.1, 0.15) is 21.6 Å². The minimum absolute atomic E-state index is 0.0379. The van der Waals surface area contributed by atoms with Gasteiger partial charge in [0.15, 0.2) is 11.5 Å². The van der Waals surface area contributed by atoms with Gasteiger partial charge in [0, 0.05) is 30.9 Å². The highest BCUT2D eigenvalue weighted by Gasteiger charge is 2.18. The number of fused-ring (bicyclic) bond motifs is 2. The Labute approximate surface area is 221 Å². The smallest absolute Gasteiger partial charge is 0.332 e. The molecule has 0 saturated heterocycles. The second-order valence-electron chi connectivity index (χ2n) is 8.77. The normalized spacial score (nSPS) is 11.1. The molecule has 198 valence electrons. The van der Waals surface area contributed by atoms with E-state index in [0.717, 1.165) is 4.57 Å². The minimum Gasteiger partial charge on any atom is -0.493 e. The molecule has 3 heterocycles. The zero-order valence-corrected chi connectivity index (χ0v) is 21.5. The largest absolute Gasteiger partial charge is 0.493 e. The summed E-state index contributed by atoms with van der Waals surface area (Å²) in [5, 5.41) is 2.78. The number of ether oxygens (including phenoxy) is 2. The van der Waals surface area contributed by atoms with E-state index >= 15 is 0 Å². The standard InChI is InChI=1S/C28H25N5O6/c1-29-26(35)18-9-7-17(8-10-18)15-33-27(36)20-13-22(38-2)23(39-3)14-21(20)32(28(33)37)16-19-12-25(34)31-11-5-4-6-24(31)30-19/h4-14H,15-16H2,1-3H3,(H,29,35). The number of hydrogen-bond donors (Lipinski definition) is 1. The van der Waals surface area contributed by atoms with Crippen LogP contribution < -0.4 is 31.6 Å². The summed E-state index contributed by atoms with van der Waals surface area (Å²) >= 11 is 0. The third kappa shape index (κ3) is 4.65. The molecule has 0 bridgehead atoms. The van der Waals surface area contributed by atoms with Crippen LogP contribution in [0.4, 0.5) is 0 Å². The van der Waals surface area contributed by atoms with Gasteiger partial charge in [0.25, 0.3) is 17.0 Å². The van der Waals surface area contributed by atoms with Crippen LogP contribution in [0.3, 0.4) is 0 Å². The fourth-order valence-electron chi connectivity index (χ4n) is 4.47. The molecule has 0 fully saturated rings. The zero-order valence-electron chi connectivity index (χ0n) is 21.5. The molecule has 1 N–H and O–H groups in total. The monoisotopic (exact) mass is 527 g/mol.